The summed E-state index contributed by atoms with van der Waals surface area (Å²) in [7, 11) is 0. The van der Waals surface area contributed by atoms with Crippen molar-refractivity contribution >= 4 is 23.5 Å². The molecule has 9 heteroatoms. The predicted molar refractivity (Wildman–Crippen MR) is 91.3 cm³/mol. The van der Waals surface area contributed by atoms with E-state index in [1.807, 2.05) is 25.7 Å². The molecular weight excluding hydrogens is 371 g/mol. The SMILES string of the molecule is CC(C)(C)OC(=O)N1C2CCC1CN(c1ncc(C(F)(F)F)cc1Cl)C2. The molecule has 2 aliphatic rings. The normalized spacial score (nSPS) is 23.3. The lowest BCUT2D eigenvalue weighted by molar-refractivity contribution is -0.137. The van der Waals surface area contributed by atoms with E-state index in [0.717, 1.165) is 25.1 Å². The number of nitrogens with zero attached hydrogens (tertiary/aromatic N) is 3. The number of hydrogen-bond acceptors (Lipinski definition) is 4. The Morgan fingerprint density at radius 2 is 1.81 bits per heavy atom. The summed E-state index contributed by atoms with van der Waals surface area (Å²) in [6.07, 6.45) is -2.40. The lowest BCUT2D eigenvalue weighted by Gasteiger charge is -2.42. The second kappa shape index (κ2) is 6.48. The van der Waals surface area contributed by atoms with Gasteiger partial charge in [0, 0.05) is 19.3 Å². The van der Waals surface area contributed by atoms with Gasteiger partial charge in [-0.1, -0.05) is 11.6 Å². The number of halogens is 4. The van der Waals surface area contributed by atoms with Gasteiger partial charge in [-0.25, -0.2) is 9.78 Å². The summed E-state index contributed by atoms with van der Waals surface area (Å²) in [5.41, 5.74) is -1.45. The zero-order valence-corrected chi connectivity index (χ0v) is 15.6. The largest absolute Gasteiger partial charge is 0.444 e. The summed E-state index contributed by atoms with van der Waals surface area (Å²) >= 11 is 6.06. The highest BCUT2D eigenvalue weighted by Gasteiger charge is 2.45. The summed E-state index contributed by atoms with van der Waals surface area (Å²) in [6, 6.07) is 0.763. The topological polar surface area (TPSA) is 45.7 Å². The number of anilines is 1. The third-order valence-corrected chi connectivity index (χ3v) is 4.81. The number of hydrogen-bond donors (Lipinski definition) is 0. The lowest BCUT2D eigenvalue weighted by atomic mass is 10.1. The number of aromatic nitrogens is 1. The Hall–Kier alpha value is -1.70. The average molecular weight is 392 g/mol. The number of fused-ring (bicyclic) bond motifs is 2. The minimum atomic E-state index is -4.48. The van der Waals surface area contributed by atoms with E-state index in [1.54, 1.807) is 4.90 Å². The van der Waals surface area contributed by atoms with E-state index in [0.29, 0.717) is 18.9 Å². The Morgan fingerprint density at radius 1 is 1.23 bits per heavy atom. The lowest BCUT2D eigenvalue weighted by Crippen LogP contribution is -2.57. The summed E-state index contributed by atoms with van der Waals surface area (Å²) in [4.78, 5) is 20.0. The van der Waals surface area contributed by atoms with Gasteiger partial charge in [0.15, 0.2) is 0 Å². The van der Waals surface area contributed by atoms with E-state index in [2.05, 4.69) is 4.98 Å². The molecule has 1 amide bonds. The number of ether oxygens (including phenoxy) is 1. The third kappa shape index (κ3) is 3.84. The van der Waals surface area contributed by atoms with Gasteiger partial charge in [-0.3, -0.25) is 4.90 Å². The van der Waals surface area contributed by atoms with Crippen LogP contribution in [-0.2, 0) is 10.9 Å². The van der Waals surface area contributed by atoms with Crippen LogP contribution in [0.5, 0.6) is 0 Å². The molecule has 0 aliphatic carbocycles. The fraction of sp³-hybridized carbons (Fsp3) is 0.647. The highest BCUT2D eigenvalue weighted by molar-refractivity contribution is 6.33. The Bertz CT molecular complexity index is 691. The van der Waals surface area contributed by atoms with Crippen molar-refractivity contribution in [3.63, 3.8) is 0 Å². The van der Waals surface area contributed by atoms with E-state index in [1.165, 1.54) is 0 Å². The maximum absolute atomic E-state index is 12.8. The summed E-state index contributed by atoms with van der Waals surface area (Å²) < 4.78 is 43.8. The first-order valence-electron chi connectivity index (χ1n) is 8.45. The van der Waals surface area contributed by atoms with Crippen LogP contribution in [0, 0.1) is 0 Å². The van der Waals surface area contributed by atoms with Crippen LogP contribution in [0.15, 0.2) is 12.3 Å². The molecule has 144 valence electrons. The molecule has 1 aromatic heterocycles. The second-order valence-electron chi connectivity index (χ2n) is 7.70. The van der Waals surface area contributed by atoms with E-state index in [-0.39, 0.29) is 23.2 Å². The molecule has 2 atom stereocenters. The maximum atomic E-state index is 12.8. The highest BCUT2D eigenvalue weighted by Crippen LogP contribution is 2.37. The third-order valence-electron chi connectivity index (χ3n) is 4.54. The van der Waals surface area contributed by atoms with Crippen molar-refractivity contribution < 1.29 is 22.7 Å². The van der Waals surface area contributed by atoms with Crippen LogP contribution in [0.1, 0.15) is 39.2 Å². The minimum Gasteiger partial charge on any atom is -0.444 e. The molecule has 0 spiro atoms. The molecule has 0 saturated carbocycles. The summed E-state index contributed by atoms with van der Waals surface area (Å²) in [6.45, 7) is 6.38. The van der Waals surface area contributed by atoms with Gasteiger partial charge in [0.1, 0.15) is 11.4 Å². The fourth-order valence-electron chi connectivity index (χ4n) is 3.51. The number of pyridine rings is 1. The Kier molecular flexibility index (Phi) is 4.75. The van der Waals surface area contributed by atoms with Crippen LogP contribution in [0.2, 0.25) is 5.02 Å². The van der Waals surface area contributed by atoms with Crippen LogP contribution in [-0.4, -0.2) is 46.8 Å². The number of carbonyl (C=O) groups is 1. The average Bonchev–Trinajstić information content (AvgIpc) is 2.75. The Morgan fingerprint density at radius 3 is 2.27 bits per heavy atom. The van der Waals surface area contributed by atoms with Gasteiger partial charge in [-0.15, -0.1) is 0 Å². The van der Waals surface area contributed by atoms with Crippen molar-refractivity contribution in [2.75, 3.05) is 18.0 Å². The first kappa shape index (κ1) is 19.1. The van der Waals surface area contributed by atoms with Crippen molar-refractivity contribution in [1.29, 1.82) is 0 Å². The van der Waals surface area contributed by atoms with Crippen LogP contribution < -0.4 is 4.90 Å². The molecule has 2 saturated heterocycles. The van der Waals surface area contributed by atoms with Gasteiger partial charge in [-0.05, 0) is 39.7 Å². The molecule has 0 radical (unpaired) electrons. The summed E-state index contributed by atoms with van der Waals surface area (Å²) in [5.74, 6) is 0.320. The molecule has 0 aromatic carbocycles. The van der Waals surface area contributed by atoms with E-state index in [4.69, 9.17) is 16.3 Å². The van der Waals surface area contributed by atoms with Crippen LogP contribution >= 0.6 is 11.6 Å². The zero-order chi connectivity index (χ0) is 19.3. The van der Waals surface area contributed by atoms with Gasteiger partial charge >= 0.3 is 12.3 Å². The quantitative estimate of drug-likeness (QED) is 0.714. The molecular formula is C17H21ClF3N3O2. The van der Waals surface area contributed by atoms with E-state index >= 15 is 0 Å². The van der Waals surface area contributed by atoms with Gasteiger partial charge in [-0.2, -0.15) is 13.2 Å². The van der Waals surface area contributed by atoms with Crippen molar-refractivity contribution in [3.8, 4) is 0 Å². The van der Waals surface area contributed by atoms with Crippen LogP contribution in [0.25, 0.3) is 0 Å². The number of piperazine rings is 1. The van der Waals surface area contributed by atoms with Gasteiger partial charge in [0.05, 0.1) is 22.7 Å². The number of rotatable bonds is 1. The smallest absolute Gasteiger partial charge is 0.417 e. The van der Waals surface area contributed by atoms with Gasteiger partial charge in [0.25, 0.3) is 0 Å². The van der Waals surface area contributed by atoms with Gasteiger partial charge < -0.3 is 9.64 Å². The molecule has 2 aliphatic heterocycles. The van der Waals surface area contributed by atoms with Crippen molar-refractivity contribution in [3.05, 3.63) is 22.8 Å². The molecule has 0 N–H and O–H groups in total. The zero-order valence-electron chi connectivity index (χ0n) is 14.8. The number of amides is 1. The molecule has 26 heavy (non-hydrogen) atoms. The molecule has 2 bridgehead atoms. The number of alkyl halides is 3. The van der Waals surface area contributed by atoms with Crippen LogP contribution in [0.4, 0.5) is 23.8 Å². The Labute approximate surface area is 155 Å². The minimum absolute atomic E-state index is 0.0371. The van der Waals surface area contributed by atoms with Crippen molar-refractivity contribution in [2.45, 2.75) is 57.5 Å². The monoisotopic (exact) mass is 391 g/mol. The predicted octanol–water partition coefficient (Wildman–Crippen LogP) is 4.34. The number of carbonyl (C=O) groups excluding carboxylic acids is 1. The van der Waals surface area contributed by atoms with E-state index < -0.39 is 17.3 Å². The molecule has 5 nitrogen and oxygen atoms in total. The maximum Gasteiger partial charge on any atom is 0.417 e. The highest BCUT2D eigenvalue weighted by atomic mass is 35.5. The molecule has 2 unspecified atom stereocenters. The first-order chi connectivity index (χ1) is 12.0. The second-order valence-corrected chi connectivity index (χ2v) is 8.11. The standard InChI is InChI=1S/C17H21ClF3N3O2/c1-16(2,3)26-15(25)24-11-4-5-12(24)9-23(8-11)14-13(18)6-10(7-22-14)17(19,20)21/h6-7,11-12H,4-5,8-9H2,1-3H3. The molecule has 1 aromatic rings. The van der Waals surface area contributed by atoms with Crippen molar-refractivity contribution in [1.82, 2.24) is 9.88 Å². The summed E-state index contributed by atoms with van der Waals surface area (Å²) in [5, 5.41) is -0.0371. The first-order valence-corrected chi connectivity index (χ1v) is 8.82. The fourth-order valence-corrected chi connectivity index (χ4v) is 3.79. The van der Waals surface area contributed by atoms with E-state index in [9.17, 15) is 18.0 Å². The van der Waals surface area contributed by atoms with Crippen LogP contribution in [0.3, 0.4) is 0 Å². The molecule has 3 rings (SSSR count). The Balaban J connectivity index is 1.76. The van der Waals surface area contributed by atoms with Gasteiger partial charge in [0.2, 0.25) is 0 Å². The van der Waals surface area contributed by atoms with Crippen molar-refractivity contribution in [2.24, 2.45) is 0 Å². The molecule has 2 fully saturated rings. The molecule has 3 heterocycles.